The van der Waals surface area contributed by atoms with E-state index in [0.717, 1.165) is 12.1 Å². The maximum absolute atomic E-state index is 12.6. The number of aliphatic hydroxyl groups excluding tert-OH is 1. The normalized spacial score (nSPS) is 11.7. The Morgan fingerprint density at radius 3 is 2.33 bits per heavy atom. The number of halogens is 4. The van der Waals surface area contributed by atoms with Gasteiger partial charge in [-0.3, -0.25) is 0 Å². The van der Waals surface area contributed by atoms with E-state index < -0.39 is 11.7 Å². The molecule has 0 heterocycles. The van der Waals surface area contributed by atoms with Gasteiger partial charge in [-0.25, -0.2) is 0 Å². The van der Waals surface area contributed by atoms with Crippen molar-refractivity contribution in [3.05, 3.63) is 65.0 Å². The smallest absolute Gasteiger partial charge is 0.392 e. The van der Waals surface area contributed by atoms with Crippen molar-refractivity contribution in [1.29, 1.82) is 0 Å². The second kappa shape index (κ2) is 6.30. The van der Waals surface area contributed by atoms with Crippen LogP contribution in [0.25, 0.3) is 0 Å². The van der Waals surface area contributed by atoms with Gasteiger partial charge in [0, 0.05) is 21.7 Å². The Labute approximate surface area is 129 Å². The zero-order valence-electron chi connectivity index (χ0n) is 10.6. The summed E-state index contributed by atoms with van der Waals surface area (Å²) in [6.07, 6.45) is -4.42. The Morgan fingerprint density at radius 2 is 1.76 bits per heavy atom. The summed E-state index contributed by atoms with van der Waals surface area (Å²) in [7, 11) is 0. The lowest BCUT2D eigenvalue weighted by molar-refractivity contribution is -0.137. The van der Waals surface area contributed by atoms with Crippen LogP contribution in [-0.2, 0) is 12.8 Å². The Hall–Kier alpha value is -1.17. The monoisotopic (exact) mass is 330 g/mol. The molecular weight excluding hydrogens is 321 g/mol. The molecule has 0 aliphatic carbocycles. The van der Waals surface area contributed by atoms with E-state index in [2.05, 4.69) is 0 Å². The molecular formula is C15H10ClF3OS. The van der Waals surface area contributed by atoms with E-state index in [9.17, 15) is 18.3 Å². The average Bonchev–Trinajstić information content (AvgIpc) is 2.41. The molecule has 0 aliphatic heterocycles. The fraction of sp³-hybridized carbons (Fsp3) is 0.133. The number of alkyl halides is 3. The lowest BCUT2D eigenvalue weighted by Gasteiger charge is -2.12. The van der Waals surface area contributed by atoms with Gasteiger partial charge in [-0.2, -0.15) is 13.2 Å². The van der Waals surface area contributed by atoms with Gasteiger partial charge in [0.15, 0.2) is 0 Å². The molecule has 0 aromatic heterocycles. The molecule has 2 aromatic carbocycles. The molecule has 0 unspecified atom stereocenters. The highest BCUT2D eigenvalue weighted by Gasteiger charge is 2.30. The molecule has 2 radical (unpaired) electrons. The summed E-state index contributed by atoms with van der Waals surface area (Å²) in [6, 6.07) is 8.13. The highest BCUT2D eigenvalue weighted by molar-refractivity contribution is 7.99. The zero-order valence-corrected chi connectivity index (χ0v) is 12.2. The summed E-state index contributed by atoms with van der Waals surface area (Å²) < 4.78 is 37.7. The van der Waals surface area contributed by atoms with Crippen molar-refractivity contribution >= 4 is 23.4 Å². The standard InChI is InChI=1S/C15H10ClF3OS/c1-9-6-11(15(17,18)19)2-4-13(9)21-14-5-3-12(16)7-10(14)8-20/h1-7,20H,8H2. The zero-order chi connectivity index (χ0) is 15.6. The molecule has 1 nitrogen and oxygen atoms in total. The topological polar surface area (TPSA) is 20.2 Å². The van der Waals surface area contributed by atoms with E-state index >= 15 is 0 Å². The van der Waals surface area contributed by atoms with Gasteiger partial charge in [0.2, 0.25) is 0 Å². The van der Waals surface area contributed by atoms with E-state index in [1.165, 1.54) is 17.8 Å². The minimum Gasteiger partial charge on any atom is -0.392 e. The first-order valence-electron chi connectivity index (χ1n) is 5.85. The molecule has 110 valence electrons. The van der Waals surface area contributed by atoms with Crippen molar-refractivity contribution < 1.29 is 18.3 Å². The van der Waals surface area contributed by atoms with Crippen LogP contribution in [-0.4, -0.2) is 5.11 Å². The minimum absolute atomic E-state index is 0.0358. The first-order valence-corrected chi connectivity index (χ1v) is 7.04. The van der Waals surface area contributed by atoms with Crippen LogP contribution >= 0.6 is 23.4 Å². The number of hydrogen-bond donors (Lipinski definition) is 1. The summed E-state index contributed by atoms with van der Waals surface area (Å²) in [5.41, 5.74) is -0.164. The van der Waals surface area contributed by atoms with Crippen LogP contribution < -0.4 is 0 Å². The highest BCUT2D eigenvalue weighted by atomic mass is 35.5. The molecule has 0 fully saturated rings. The summed E-state index contributed by atoms with van der Waals surface area (Å²) in [5, 5.41) is 9.76. The molecule has 2 aromatic rings. The second-order valence-electron chi connectivity index (χ2n) is 4.26. The Kier molecular flexibility index (Phi) is 4.86. The number of aliphatic hydroxyl groups is 1. The fourth-order valence-electron chi connectivity index (χ4n) is 1.71. The highest BCUT2D eigenvalue weighted by Crippen LogP contribution is 2.37. The van der Waals surface area contributed by atoms with Gasteiger partial charge in [0.05, 0.1) is 12.2 Å². The van der Waals surface area contributed by atoms with E-state index in [-0.39, 0.29) is 12.2 Å². The van der Waals surface area contributed by atoms with E-state index in [4.69, 9.17) is 18.5 Å². The first kappa shape index (κ1) is 16.2. The van der Waals surface area contributed by atoms with Crippen molar-refractivity contribution in [3.8, 4) is 0 Å². The molecule has 21 heavy (non-hydrogen) atoms. The average molecular weight is 331 g/mol. The molecule has 0 saturated heterocycles. The van der Waals surface area contributed by atoms with Crippen molar-refractivity contribution in [2.75, 3.05) is 0 Å². The number of benzene rings is 2. The summed E-state index contributed by atoms with van der Waals surface area (Å²) >= 11 is 7.01. The molecule has 1 N–H and O–H groups in total. The minimum atomic E-state index is -4.42. The predicted molar refractivity (Wildman–Crippen MR) is 76.3 cm³/mol. The van der Waals surface area contributed by atoms with Gasteiger partial charge in [-0.15, -0.1) is 0 Å². The van der Waals surface area contributed by atoms with Crippen LogP contribution in [0.2, 0.25) is 5.02 Å². The van der Waals surface area contributed by atoms with Crippen molar-refractivity contribution in [2.24, 2.45) is 0 Å². The quantitative estimate of drug-likeness (QED) is 0.848. The molecule has 0 bridgehead atoms. The lowest BCUT2D eigenvalue weighted by Crippen LogP contribution is -2.05. The molecule has 0 amide bonds. The second-order valence-corrected chi connectivity index (χ2v) is 5.78. The van der Waals surface area contributed by atoms with Gasteiger partial charge in [0.25, 0.3) is 0 Å². The third kappa shape index (κ3) is 3.93. The molecule has 0 aliphatic rings. The van der Waals surface area contributed by atoms with Crippen molar-refractivity contribution in [3.63, 3.8) is 0 Å². The molecule has 6 heteroatoms. The SMILES string of the molecule is [CH]c1cc(C(F)(F)F)ccc1Sc1ccc(Cl)cc1CO. The van der Waals surface area contributed by atoms with Gasteiger partial charge in [-0.05, 0) is 47.5 Å². The van der Waals surface area contributed by atoms with Gasteiger partial charge >= 0.3 is 6.18 Å². The first-order chi connectivity index (χ1) is 9.81. The van der Waals surface area contributed by atoms with Crippen LogP contribution in [0, 0.1) is 6.92 Å². The largest absolute Gasteiger partial charge is 0.416 e. The van der Waals surface area contributed by atoms with Crippen LogP contribution in [0.1, 0.15) is 16.7 Å². The molecule has 0 saturated carbocycles. The van der Waals surface area contributed by atoms with Gasteiger partial charge in [-0.1, -0.05) is 23.4 Å². The lowest BCUT2D eigenvalue weighted by atomic mass is 10.1. The van der Waals surface area contributed by atoms with E-state index in [1.54, 1.807) is 18.2 Å². The van der Waals surface area contributed by atoms with Crippen molar-refractivity contribution in [1.82, 2.24) is 0 Å². The molecule has 0 spiro atoms. The molecule has 0 atom stereocenters. The van der Waals surface area contributed by atoms with Gasteiger partial charge in [0.1, 0.15) is 0 Å². The maximum atomic E-state index is 12.6. The summed E-state index contributed by atoms with van der Waals surface area (Å²) in [4.78, 5) is 1.17. The molecule has 2 rings (SSSR count). The van der Waals surface area contributed by atoms with Crippen LogP contribution in [0.3, 0.4) is 0 Å². The third-order valence-corrected chi connectivity index (χ3v) is 4.19. The number of hydrogen-bond acceptors (Lipinski definition) is 2. The maximum Gasteiger partial charge on any atom is 0.416 e. The third-order valence-electron chi connectivity index (χ3n) is 2.75. The number of rotatable bonds is 3. The van der Waals surface area contributed by atoms with E-state index in [0.29, 0.717) is 20.4 Å². The van der Waals surface area contributed by atoms with Crippen LogP contribution in [0.4, 0.5) is 13.2 Å². The predicted octanol–water partition coefficient (Wildman–Crippen LogP) is 5.06. The van der Waals surface area contributed by atoms with Gasteiger partial charge < -0.3 is 5.11 Å². The Bertz CT molecular complexity index is 656. The summed E-state index contributed by atoms with van der Waals surface area (Å²) in [6.45, 7) is 5.46. The fourth-order valence-corrected chi connectivity index (χ4v) is 2.84. The van der Waals surface area contributed by atoms with Crippen LogP contribution in [0.15, 0.2) is 46.2 Å². The van der Waals surface area contributed by atoms with Crippen LogP contribution in [0.5, 0.6) is 0 Å². The summed E-state index contributed by atoms with van der Waals surface area (Å²) in [5.74, 6) is 0. The Morgan fingerprint density at radius 1 is 1.10 bits per heavy atom. The Balaban J connectivity index is 2.32. The van der Waals surface area contributed by atoms with E-state index in [1.807, 2.05) is 0 Å². The van der Waals surface area contributed by atoms with Crippen molar-refractivity contribution in [2.45, 2.75) is 22.6 Å².